The topological polar surface area (TPSA) is 67.4 Å². The molecule has 2 aromatic rings. The van der Waals surface area contributed by atoms with Crippen LogP contribution in [0.1, 0.15) is 66.0 Å². The van der Waals surface area contributed by atoms with E-state index in [1.807, 2.05) is 17.2 Å². The van der Waals surface area contributed by atoms with Crippen LogP contribution in [0.5, 0.6) is 0 Å². The molecule has 0 spiro atoms. The number of carbonyl (C=O) groups is 1. The van der Waals surface area contributed by atoms with Crippen LogP contribution in [-0.4, -0.2) is 64.1 Å². The first-order valence-electron chi connectivity index (χ1n) is 10.0. The average Bonchev–Trinajstić information content (AvgIpc) is 3.21. The number of likely N-dealkylation sites (tertiary alicyclic amines) is 1. The minimum atomic E-state index is -0.0372. The third-order valence-electron chi connectivity index (χ3n) is 5.56. The summed E-state index contributed by atoms with van der Waals surface area (Å²) < 4.78 is 7.59. The largest absolute Gasteiger partial charge is 0.351 e. The molecule has 2 fully saturated rings. The summed E-state index contributed by atoms with van der Waals surface area (Å²) in [5, 5.41) is 4.08. The van der Waals surface area contributed by atoms with Crippen molar-refractivity contribution in [1.29, 1.82) is 0 Å². The van der Waals surface area contributed by atoms with Crippen LogP contribution >= 0.6 is 0 Å². The third-order valence-corrected chi connectivity index (χ3v) is 5.56. The van der Waals surface area contributed by atoms with Crippen molar-refractivity contribution in [3.63, 3.8) is 0 Å². The number of carbonyl (C=O) groups excluding carboxylic acids is 1. The van der Waals surface area contributed by atoms with Gasteiger partial charge in [-0.25, -0.2) is 4.98 Å². The van der Waals surface area contributed by atoms with Crippen molar-refractivity contribution in [3.8, 4) is 0 Å². The molecule has 1 saturated carbocycles. The molecule has 0 N–H and O–H groups in total. The minimum absolute atomic E-state index is 0.0372. The lowest BCUT2D eigenvalue weighted by Gasteiger charge is -2.32. The first-order chi connectivity index (χ1) is 13.1. The van der Waals surface area contributed by atoms with Crippen LogP contribution in [0, 0.1) is 0 Å². The van der Waals surface area contributed by atoms with E-state index in [-0.39, 0.29) is 11.8 Å². The Hall–Kier alpha value is -2.15. The molecule has 1 saturated heterocycles. The smallest absolute Gasteiger partial charge is 0.292 e. The Bertz CT molecular complexity index is 777. The van der Waals surface area contributed by atoms with Gasteiger partial charge in [0.2, 0.25) is 5.76 Å². The van der Waals surface area contributed by atoms with E-state index in [9.17, 15) is 4.79 Å². The van der Waals surface area contributed by atoms with E-state index >= 15 is 0 Å². The lowest BCUT2D eigenvalue weighted by molar-refractivity contribution is 0.0661. The van der Waals surface area contributed by atoms with Gasteiger partial charge in [0.1, 0.15) is 5.82 Å². The summed E-state index contributed by atoms with van der Waals surface area (Å²) in [7, 11) is 4.19. The first kappa shape index (κ1) is 18.2. The summed E-state index contributed by atoms with van der Waals surface area (Å²) in [5.74, 6) is 2.22. The molecule has 1 aliphatic carbocycles. The Balaban J connectivity index is 1.40. The quantitative estimate of drug-likeness (QED) is 0.749. The Morgan fingerprint density at radius 2 is 2.15 bits per heavy atom. The number of piperidine rings is 1. The molecule has 146 valence electrons. The zero-order valence-electron chi connectivity index (χ0n) is 16.3. The zero-order valence-corrected chi connectivity index (χ0v) is 16.3. The summed E-state index contributed by atoms with van der Waals surface area (Å²) in [6, 6.07) is 1.84. The van der Waals surface area contributed by atoms with Crippen LogP contribution in [0.3, 0.4) is 0 Å². The van der Waals surface area contributed by atoms with Crippen LogP contribution in [0.25, 0.3) is 0 Å². The fourth-order valence-electron chi connectivity index (χ4n) is 3.92. The monoisotopic (exact) mass is 371 g/mol. The predicted octanol–water partition coefficient (Wildman–Crippen LogP) is 2.72. The van der Waals surface area contributed by atoms with Crippen LogP contribution in [0.4, 0.5) is 0 Å². The van der Waals surface area contributed by atoms with Gasteiger partial charge in [0, 0.05) is 49.9 Å². The van der Waals surface area contributed by atoms with Gasteiger partial charge in [-0.3, -0.25) is 4.79 Å². The van der Waals surface area contributed by atoms with Crippen LogP contribution < -0.4 is 0 Å². The molecule has 0 unspecified atom stereocenters. The van der Waals surface area contributed by atoms with Crippen molar-refractivity contribution >= 4 is 5.91 Å². The molecule has 7 heteroatoms. The highest BCUT2D eigenvalue weighted by molar-refractivity contribution is 5.91. The molecule has 0 radical (unpaired) electrons. The number of aryl methyl sites for hydroxylation is 1. The van der Waals surface area contributed by atoms with Crippen LogP contribution in [-0.2, 0) is 6.54 Å². The molecular formula is C20H29N5O2. The summed E-state index contributed by atoms with van der Waals surface area (Å²) >= 11 is 0. The molecule has 2 aromatic heterocycles. The molecular weight excluding hydrogens is 342 g/mol. The first-order valence-corrected chi connectivity index (χ1v) is 10.0. The summed E-state index contributed by atoms with van der Waals surface area (Å²) in [5.41, 5.74) is 0.934. The average molecular weight is 371 g/mol. The van der Waals surface area contributed by atoms with Gasteiger partial charge >= 0.3 is 0 Å². The molecule has 2 aliphatic rings. The Morgan fingerprint density at radius 3 is 2.93 bits per heavy atom. The fraction of sp³-hybridized carbons (Fsp3) is 0.650. The SMILES string of the molecule is CN(C)CCCn1ccnc1[C@@H]1CCCN(C(=O)c2cc(C3CC3)no2)C1. The lowest BCUT2D eigenvalue weighted by atomic mass is 9.96. The van der Waals surface area contributed by atoms with Crippen molar-refractivity contribution in [2.45, 2.75) is 50.5 Å². The molecule has 4 rings (SSSR count). The van der Waals surface area contributed by atoms with E-state index < -0.39 is 0 Å². The maximum absolute atomic E-state index is 12.9. The highest BCUT2D eigenvalue weighted by Crippen LogP contribution is 2.39. The lowest BCUT2D eigenvalue weighted by Crippen LogP contribution is -2.39. The Morgan fingerprint density at radius 1 is 1.30 bits per heavy atom. The van der Waals surface area contributed by atoms with Crippen molar-refractivity contribution in [1.82, 2.24) is 24.5 Å². The molecule has 1 amide bonds. The number of hydrogen-bond donors (Lipinski definition) is 0. The van der Waals surface area contributed by atoms with Gasteiger partial charge in [-0.2, -0.15) is 0 Å². The summed E-state index contributed by atoms with van der Waals surface area (Å²) in [6.45, 7) is 3.49. The van der Waals surface area contributed by atoms with E-state index in [4.69, 9.17) is 4.52 Å². The van der Waals surface area contributed by atoms with Crippen molar-refractivity contribution < 1.29 is 9.32 Å². The second-order valence-electron chi connectivity index (χ2n) is 8.12. The van der Waals surface area contributed by atoms with E-state index in [0.29, 0.717) is 18.2 Å². The Kier molecular flexibility index (Phi) is 5.29. The molecule has 3 heterocycles. The van der Waals surface area contributed by atoms with Crippen molar-refractivity contribution in [2.24, 2.45) is 0 Å². The predicted molar refractivity (Wildman–Crippen MR) is 102 cm³/mol. The van der Waals surface area contributed by atoms with Crippen molar-refractivity contribution in [3.05, 3.63) is 35.7 Å². The third kappa shape index (κ3) is 4.24. The van der Waals surface area contributed by atoms with Gasteiger partial charge in [0.15, 0.2) is 0 Å². The molecule has 7 nitrogen and oxygen atoms in total. The highest BCUT2D eigenvalue weighted by Gasteiger charge is 2.32. The number of nitrogens with zero attached hydrogens (tertiary/aromatic N) is 5. The van der Waals surface area contributed by atoms with E-state index in [2.05, 4.69) is 39.9 Å². The zero-order chi connectivity index (χ0) is 18.8. The summed E-state index contributed by atoms with van der Waals surface area (Å²) in [4.78, 5) is 21.6. The molecule has 27 heavy (non-hydrogen) atoms. The minimum Gasteiger partial charge on any atom is -0.351 e. The van der Waals surface area contributed by atoms with E-state index in [1.165, 1.54) is 0 Å². The van der Waals surface area contributed by atoms with Gasteiger partial charge in [-0.15, -0.1) is 0 Å². The van der Waals surface area contributed by atoms with Gasteiger partial charge in [-0.05, 0) is 52.7 Å². The van der Waals surface area contributed by atoms with E-state index in [0.717, 1.165) is 63.3 Å². The molecule has 1 atom stereocenters. The fourth-order valence-corrected chi connectivity index (χ4v) is 3.92. The Labute approximate surface area is 160 Å². The number of rotatable bonds is 7. The number of aromatic nitrogens is 3. The second-order valence-corrected chi connectivity index (χ2v) is 8.12. The summed E-state index contributed by atoms with van der Waals surface area (Å²) in [6.07, 6.45) is 9.40. The number of imidazole rings is 1. The maximum atomic E-state index is 12.9. The van der Waals surface area contributed by atoms with E-state index in [1.54, 1.807) is 0 Å². The standard InChI is InChI=1S/C20H29N5O2/c1-23(2)9-4-11-24-12-8-21-19(24)16-5-3-10-25(14-16)20(26)18-13-17(22-27-18)15-6-7-15/h8,12-13,15-16H,3-7,9-11,14H2,1-2H3/t16-/m1/s1. The normalized spacial score (nSPS) is 20.4. The van der Waals surface area contributed by atoms with Gasteiger partial charge in [0.05, 0.1) is 5.69 Å². The number of amides is 1. The van der Waals surface area contributed by atoms with Crippen LogP contribution in [0.2, 0.25) is 0 Å². The van der Waals surface area contributed by atoms with Crippen LogP contribution in [0.15, 0.2) is 23.0 Å². The molecule has 1 aliphatic heterocycles. The van der Waals surface area contributed by atoms with Gasteiger partial charge < -0.3 is 18.9 Å². The maximum Gasteiger partial charge on any atom is 0.292 e. The second kappa shape index (κ2) is 7.84. The molecule has 0 bridgehead atoms. The number of hydrogen-bond acceptors (Lipinski definition) is 5. The highest BCUT2D eigenvalue weighted by atomic mass is 16.5. The van der Waals surface area contributed by atoms with Gasteiger partial charge in [-0.1, -0.05) is 5.16 Å². The van der Waals surface area contributed by atoms with Gasteiger partial charge in [0.25, 0.3) is 5.91 Å². The molecule has 0 aromatic carbocycles. The van der Waals surface area contributed by atoms with Crippen molar-refractivity contribution in [2.75, 3.05) is 33.7 Å².